The molecule has 1 aliphatic heterocycles. The van der Waals surface area contributed by atoms with Crippen LogP contribution in [0.3, 0.4) is 0 Å². The van der Waals surface area contributed by atoms with Crippen LogP contribution in [-0.4, -0.2) is 30.3 Å². The zero-order valence-electron chi connectivity index (χ0n) is 11.6. The molecule has 4 heteroatoms. The van der Waals surface area contributed by atoms with Crippen molar-refractivity contribution in [2.75, 3.05) is 18.5 Å². The van der Waals surface area contributed by atoms with Gasteiger partial charge in [-0.2, -0.15) is 0 Å². The molecular weight excluding hydrogens is 254 g/mol. The van der Waals surface area contributed by atoms with Crippen LogP contribution >= 0.6 is 0 Å². The van der Waals surface area contributed by atoms with Gasteiger partial charge in [-0.3, -0.25) is 4.79 Å². The van der Waals surface area contributed by atoms with Gasteiger partial charge < -0.3 is 15.2 Å². The number of benzene rings is 1. The first-order chi connectivity index (χ1) is 9.70. The monoisotopic (exact) mass is 273 g/mol. The number of carbonyl (C=O) groups is 1. The minimum Gasteiger partial charge on any atom is -0.395 e. The first-order valence-corrected chi connectivity index (χ1v) is 6.83. The average Bonchev–Trinajstić information content (AvgIpc) is 2.87. The molecule has 1 amide bonds. The Bertz CT molecular complexity index is 513. The summed E-state index contributed by atoms with van der Waals surface area (Å²) < 4.78 is 5.40. The number of hydrogen-bond acceptors (Lipinski definition) is 3. The molecule has 0 radical (unpaired) electrons. The Morgan fingerprint density at radius 1 is 1.45 bits per heavy atom. The predicted molar refractivity (Wildman–Crippen MR) is 77.2 cm³/mol. The normalized spacial score (nSPS) is 21.1. The largest absolute Gasteiger partial charge is 0.395 e. The van der Waals surface area contributed by atoms with Crippen LogP contribution in [0.2, 0.25) is 0 Å². The van der Waals surface area contributed by atoms with Gasteiger partial charge in [-0.15, -0.1) is 0 Å². The fourth-order valence-corrected chi connectivity index (χ4v) is 2.17. The second kappa shape index (κ2) is 7.09. The minimum atomic E-state index is -0.0703. The summed E-state index contributed by atoms with van der Waals surface area (Å²) in [6.45, 7) is 2.65. The van der Waals surface area contributed by atoms with E-state index in [1.807, 2.05) is 31.2 Å². The van der Waals surface area contributed by atoms with Crippen molar-refractivity contribution in [2.24, 2.45) is 5.92 Å². The van der Waals surface area contributed by atoms with Gasteiger partial charge in [0, 0.05) is 24.3 Å². The number of hydrogen-bond donors (Lipinski definition) is 2. The van der Waals surface area contributed by atoms with Crippen LogP contribution < -0.4 is 5.32 Å². The number of nitrogens with one attached hydrogen (secondary N) is 1. The third kappa shape index (κ3) is 3.83. The molecule has 1 aromatic rings. The first kappa shape index (κ1) is 14.6. The molecule has 1 aliphatic rings. The van der Waals surface area contributed by atoms with Crippen LogP contribution in [-0.2, 0) is 9.53 Å². The van der Waals surface area contributed by atoms with E-state index < -0.39 is 0 Å². The summed E-state index contributed by atoms with van der Waals surface area (Å²) in [6, 6.07) is 7.38. The summed E-state index contributed by atoms with van der Waals surface area (Å²) in [7, 11) is 0. The molecule has 0 spiro atoms. The van der Waals surface area contributed by atoms with Gasteiger partial charge >= 0.3 is 0 Å². The molecule has 0 aliphatic carbocycles. The summed E-state index contributed by atoms with van der Waals surface area (Å²) >= 11 is 0. The molecule has 2 rings (SSSR count). The smallest absolute Gasteiger partial charge is 0.230 e. The van der Waals surface area contributed by atoms with E-state index in [1.54, 1.807) is 0 Å². The summed E-state index contributed by atoms with van der Waals surface area (Å²) in [4.78, 5) is 12.1. The highest BCUT2D eigenvalue weighted by Gasteiger charge is 2.30. The van der Waals surface area contributed by atoms with Gasteiger partial charge in [0.15, 0.2) is 0 Å². The topological polar surface area (TPSA) is 58.6 Å². The standard InChI is InChI=1S/C16H19NO3/c1-12-15(9-11-20-12)16(19)17-14-7-5-13(6-8-14)4-2-3-10-18/h5-8,12,15,18H,3,9-11H2,1H3,(H,17,19). The van der Waals surface area contributed by atoms with E-state index in [0.29, 0.717) is 13.0 Å². The average molecular weight is 273 g/mol. The number of anilines is 1. The van der Waals surface area contributed by atoms with Crippen molar-refractivity contribution in [3.63, 3.8) is 0 Å². The maximum atomic E-state index is 12.1. The fraction of sp³-hybridized carbons (Fsp3) is 0.438. The Morgan fingerprint density at radius 2 is 2.20 bits per heavy atom. The van der Waals surface area contributed by atoms with E-state index in [4.69, 9.17) is 9.84 Å². The van der Waals surface area contributed by atoms with Crippen molar-refractivity contribution in [2.45, 2.75) is 25.9 Å². The molecule has 1 saturated heterocycles. The molecule has 4 nitrogen and oxygen atoms in total. The lowest BCUT2D eigenvalue weighted by molar-refractivity contribution is -0.121. The van der Waals surface area contributed by atoms with Crippen LogP contribution in [0, 0.1) is 17.8 Å². The number of rotatable bonds is 3. The van der Waals surface area contributed by atoms with E-state index in [1.165, 1.54) is 0 Å². The van der Waals surface area contributed by atoms with Crippen LogP contribution in [0.5, 0.6) is 0 Å². The molecule has 2 atom stereocenters. The Hall–Kier alpha value is -1.83. The van der Waals surface area contributed by atoms with E-state index in [2.05, 4.69) is 17.2 Å². The second-order valence-electron chi connectivity index (χ2n) is 4.81. The van der Waals surface area contributed by atoms with Gasteiger partial charge in [0.25, 0.3) is 0 Å². The summed E-state index contributed by atoms with van der Waals surface area (Å²) in [5, 5.41) is 11.6. The zero-order chi connectivity index (χ0) is 14.4. The molecule has 0 bridgehead atoms. The lowest BCUT2D eigenvalue weighted by Gasteiger charge is -2.14. The Kier molecular flexibility index (Phi) is 5.16. The molecule has 1 fully saturated rings. The molecule has 0 saturated carbocycles. The van der Waals surface area contributed by atoms with Gasteiger partial charge in [-0.05, 0) is 37.6 Å². The molecule has 0 aromatic heterocycles. The van der Waals surface area contributed by atoms with Gasteiger partial charge in [0.2, 0.25) is 5.91 Å². The predicted octanol–water partition coefficient (Wildman–Crippen LogP) is 1.78. The highest BCUT2D eigenvalue weighted by atomic mass is 16.5. The third-order valence-electron chi connectivity index (χ3n) is 3.33. The van der Waals surface area contributed by atoms with Crippen LogP contribution in [0.15, 0.2) is 24.3 Å². The van der Waals surface area contributed by atoms with Crippen molar-refractivity contribution >= 4 is 11.6 Å². The summed E-state index contributed by atoms with van der Waals surface area (Å²) in [6.07, 6.45) is 1.23. The highest BCUT2D eigenvalue weighted by Crippen LogP contribution is 2.22. The van der Waals surface area contributed by atoms with Crippen LogP contribution in [0.4, 0.5) is 5.69 Å². The van der Waals surface area contributed by atoms with Crippen molar-refractivity contribution < 1.29 is 14.6 Å². The first-order valence-electron chi connectivity index (χ1n) is 6.83. The van der Waals surface area contributed by atoms with Gasteiger partial charge in [-0.25, -0.2) is 0 Å². The van der Waals surface area contributed by atoms with Gasteiger partial charge in [0.05, 0.1) is 18.6 Å². The Labute approximate surface area is 119 Å². The molecule has 2 N–H and O–H groups in total. The number of carbonyl (C=O) groups excluding carboxylic acids is 1. The van der Waals surface area contributed by atoms with Crippen molar-refractivity contribution in [1.82, 2.24) is 0 Å². The maximum absolute atomic E-state index is 12.1. The lowest BCUT2D eigenvalue weighted by atomic mass is 10.0. The fourth-order valence-electron chi connectivity index (χ4n) is 2.17. The quantitative estimate of drug-likeness (QED) is 0.825. The van der Waals surface area contributed by atoms with Crippen LogP contribution in [0.1, 0.15) is 25.3 Å². The van der Waals surface area contributed by atoms with Crippen molar-refractivity contribution in [1.29, 1.82) is 0 Å². The Balaban J connectivity index is 1.94. The highest BCUT2D eigenvalue weighted by molar-refractivity contribution is 5.93. The molecule has 2 unspecified atom stereocenters. The molecule has 20 heavy (non-hydrogen) atoms. The SMILES string of the molecule is CC1OCCC1C(=O)Nc1ccc(C#CCCO)cc1. The van der Waals surface area contributed by atoms with Gasteiger partial charge in [0.1, 0.15) is 0 Å². The van der Waals surface area contributed by atoms with E-state index in [0.717, 1.165) is 17.7 Å². The molecule has 1 heterocycles. The van der Waals surface area contributed by atoms with Gasteiger partial charge in [-0.1, -0.05) is 11.8 Å². The van der Waals surface area contributed by atoms with Crippen LogP contribution in [0.25, 0.3) is 0 Å². The van der Waals surface area contributed by atoms with E-state index in [-0.39, 0.29) is 24.5 Å². The lowest BCUT2D eigenvalue weighted by Crippen LogP contribution is -2.27. The maximum Gasteiger partial charge on any atom is 0.230 e. The third-order valence-corrected chi connectivity index (χ3v) is 3.33. The number of ether oxygens (including phenoxy) is 1. The number of aliphatic hydroxyl groups excluding tert-OH is 1. The Morgan fingerprint density at radius 3 is 2.80 bits per heavy atom. The van der Waals surface area contributed by atoms with E-state index >= 15 is 0 Å². The molecule has 106 valence electrons. The second-order valence-corrected chi connectivity index (χ2v) is 4.81. The number of aliphatic hydroxyl groups is 1. The molecule has 1 aromatic carbocycles. The van der Waals surface area contributed by atoms with Crippen molar-refractivity contribution in [3.05, 3.63) is 29.8 Å². The molecular formula is C16H19NO3. The summed E-state index contributed by atoms with van der Waals surface area (Å²) in [5.41, 5.74) is 1.64. The summed E-state index contributed by atoms with van der Waals surface area (Å²) in [5.74, 6) is 5.74. The van der Waals surface area contributed by atoms with Crippen molar-refractivity contribution in [3.8, 4) is 11.8 Å². The van der Waals surface area contributed by atoms with E-state index in [9.17, 15) is 4.79 Å². The number of amides is 1. The minimum absolute atomic E-state index is 0.00844. The zero-order valence-corrected chi connectivity index (χ0v) is 11.6.